The first-order chi connectivity index (χ1) is 10.4. The number of H-pyrrole nitrogens is 1. The summed E-state index contributed by atoms with van der Waals surface area (Å²) in [6.07, 6.45) is 0. The molecule has 0 saturated heterocycles. The lowest BCUT2D eigenvalue weighted by Gasteiger charge is -2.07. The van der Waals surface area contributed by atoms with E-state index in [4.69, 9.17) is 10.00 Å². The lowest BCUT2D eigenvalue weighted by atomic mass is 10.1. The van der Waals surface area contributed by atoms with Crippen molar-refractivity contribution in [1.82, 2.24) is 15.4 Å². The number of nitrogens with one attached hydrogen (secondary N) is 1. The lowest BCUT2D eigenvalue weighted by Crippen LogP contribution is -1.95. The molecule has 0 spiro atoms. The van der Waals surface area contributed by atoms with Gasteiger partial charge in [-0.1, -0.05) is 41.6 Å². The summed E-state index contributed by atoms with van der Waals surface area (Å²) in [4.78, 5) is 0. The number of nitriles is 1. The van der Waals surface area contributed by atoms with Crippen LogP contribution < -0.4 is 4.74 Å². The van der Waals surface area contributed by atoms with Gasteiger partial charge in [0.05, 0.1) is 0 Å². The van der Waals surface area contributed by atoms with Crippen molar-refractivity contribution in [1.29, 1.82) is 5.26 Å². The second kappa shape index (κ2) is 5.88. The van der Waals surface area contributed by atoms with Gasteiger partial charge < -0.3 is 4.74 Å². The summed E-state index contributed by atoms with van der Waals surface area (Å²) in [5, 5.41) is 19.2. The third-order valence-electron chi connectivity index (χ3n) is 3.01. The highest BCUT2D eigenvalue weighted by Crippen LogP contribution is 2.21. The number of hydrogen-bond acceptors (Lipinski definition) is 4. The zero-order valence-electron chi connectivity index (χ0n) is 11.2. The fourth-order valence-electron chi connectivity index (χ4n) is 2.00. The van der Waals surface area contributed by atoms with Crippen molar-refractivity contribution in [3.05, 3.63) is 65.9 Å². The third kappa shape index (κ3) is 2.90. The van der Waals surface area contributed by atoms with Gasteiger partial charge in [0.15, 0.2) is 5.69 Å². The first-order valence-electron chi connectivity index (χ1n) is 6.45. The van der Waals surface area contributed by atoms with Crippen molar-refractivity contribution in [3.8, 4) is 23.1 Å². The average molecular weight is 276 g/mol. The maximum atomic E-state index is 9.00. The highest BCUT2D eigenvalue weighted by atomic mass is 16.5. The second-order valence-corrected chi connectivity index (χ2v) is 4.45. The molecule has 5 heteroatoms. The fraction of sp³-hybridized carbons (Fsp3) is 0.0625. The van der Waals surface area contributed by atoms with Crippen LogP contribution in [-0.4, -0.2) is 15.4 Å². The molecule has 3 rings (SSSR count). The van der Waals surface area contributed by atoms with Crippen molar-refractivity contribution >= 4 is 0 Å². The molecule has 1 N–H and O–H groups in total. The van der Waals surface area contributed by atoms with Gasteiger partial charge in [0.25, 0.3) is 0 Å². The van der Waals surface area contributed by atoms with Crippen LogP contribution in [-0.2, 0) is 6.61 Å². The van der Waals surface area contributed by atoms with Crippen LogP contribution in [0.2, 0.25) is 0 Å². The Hall–Kier alpha value is -3.13. The molecule has 0 saturated carbocycles. The second-order valence-electron chi connectivity index (χ2n) is 4.45. The summed E-state index contributed by atoms with van der Waals surface area (Å²) in [6.45, 7) is 0.456. The Labute approximate surface area is 121 Å². The van der Waals surface area contributed by atoms with Crippen molar-refractivity contribution in [3.63, 3.8) is 0 Å². The first-order valence-corrected chi connectivity index (χ1v) is 6.45. The van der Waals surface area contributed by atoms with Gasteiger partial charge in [-0.2, -0.15) is 5.26 Å². The van der Waals surface area contributed by atoms with Crippen LogP contribution in [0.4, 0.5) is 0 Å². The van der Waals surface area contributed by atoms with Gasteiger partial charge in [0, 0.05) is 5.56 Å². The molecule has 0 atom stereocenters. The van der Waals surface area contributed by atoms with Gasteiger partial charge >= 0.3 is 0 Å². The van der Waals surface area contributed by atoms with E-state index in [0.29, 0.717) is 18.0 Å². The molecule has 5 nitrogen and oxygen atoms in total. The van der Waals surface area contributed by atoms with Gasteiger partial charge in [-0.15, -0.1) is 5.10 Å². The number of aromatic amines is 1. The van der Waals surface area contributed by atoms with Gasteiger partial charge in [-0.25, -0.2) is 5.10 Å². The molecule has 102 valence electrons. The molecule has 0 aliphatic carbocycles. The summed E-state index contributed by atoms with van der Waals surface area (Å²) in [6, 6.07) is 19.4. The number of hydrogen-bond donors (Lipinski definition) is 1. The van der Waals surface area contributed by atoms with Crippen LogP contribution in [0.5, 0.6) is 5.75 Å². The lowest BCUT2D eigenvalue weighted by molar-refractivity contribution is 0.306. The predicted molar refractivity (Wildman–Crippen MR) is 77.3 cm³/mol. The molecule has 0 fully saturated rings. The number of ether oxygens (including phenoxy) is 1. The van der Waals surface area contributed by atoms with Crippen molar-refractivity contribution in [2.45, 2.75) is 6.61 Å². The number of aromatic nitrogens is 3. The predicted octanol–water partition coefficient (Wildman–Crippen LogP) is 2.92. The Morgan fingerprint density at radius 1 is 1.10 bits per heavy atom. The van der Waals surface area contributed by atoms with E-state index in [1.54, 1.807) is 0 Å². The summed E-state index contributed by atoms with van der Waals surface area (Å²) < 4.78 is 5.71. The maximum Gasteiger partial charge on any atom is 0.163 e. The Kier molecular flexibility index (Phi) is 3.61. The minimum absolute atomic E-state index is 0.358. The van der Waals surface area contributed by atoms with E-state index >= 15 is 0 Å². The quantitative estimate of drug-likeness (QED) is 0.795. The largest absolute Gasteiger partial charge is 0.489 e. The zero-order valence-corrected chi connectivity index (χ0v) is 11.2. The summed E-state index contributed by atoms with van der Waals surface area (Å²) in [7, 11) is 0. The molecule has 2 aromatic carbocycles. The smallest absolute Gasteiger partial charge is 0.163 e. The summed E-state index contributed by atoms with van der Waals surface area (Å²) in [5.74, 6) is 0.821. The van der Waals surface area contributed by atoms with Crippen molar-refractivity contribution in [2.24, 2.45) is 0 Å². The fourth-order valence-corrected chi connectivity index (χ4v) is 2.00. The molecule has 1 heterocycles. The first kappa shape index (κ1) is 12.9. The van der Waals surface area contributed by atoms with E-state index in [1.165, 1.54) is 0 Å². The van der Waals surface area contributed by atoms with Crippen LogP contribution >= 0.6 is 0 Å². The van der Waals surface area contributed by atoms with Crippen molar-refractivity contribution < 1.29 is 4.74 Å². The van der Waals surface area contributed by atoms with Crippen molar-refractivity contribution in [2.75, 3.05) is 0 Å². The topological polar surface area (TPSA) is 74.6 Å². The minimum Gasteiger partial charge on any atom is -0.489 e. The zero-order chi connectivity index (χ0) is 14.5. The van der Waals surface area contributed by atoms with Crippen LogP contribution in [0.1, 0.15) is 11.3 Å². The SMILES string of the molecule is N#Cc1[nH]nnc1-c1cccc(COc2ccccc2)c1. The highest BCUT2D eigenvalue weighted by molar-refractivity contribution is 5.64. The normalized spacial score (nSPS) is 10.0. The molecular formula is C16H12N4O. The molecule has 0 aliphatic heterocycles. The van der Waals surface area contributed by atoms with E-state index in [0.717, 1.165) is 16.9 Å². The van der Waals surface area contributed by atoms with E-state index in [1.807, 2.05) is 60.7 Å². The van der Waals surface area contributed by atoms with Gasteiger partial charge in [0.2, 0.25) is 0 Å². The average Bonchev–Trinajstić information content (AvgIpc) is 3.03. The summed E-state index contributed by atoms with van der Waals surface area (Å²) >= 11 is 0. The Morgan fingerprint density at radius 3 is 2.76 bits per heavy atom. The molecule has 0 aliphatic rings. The Morgan fingerprint density at radius 2 is 1.95 bits per heavy atom. The number of benzene rings is 2. The molecule has 0 unspecified atom stereocenters. The standard InChI is InChI=1S/C16H12N4O/c17-10-15-16(19-20-18-15)13-6-4-5-12(9-13)11-21-14-7-2-1-3-8-14/h1-9H,11H2,(H,18,19,20). The number of nitrogens with zero attached hydrogens (tertiary/aromatic N) is 3. The molecular weight excluding hydrogens is 264 g/mol. The number of rotatable bonds is 4. The van der Waals surface area contributed by atoms with E-state index in [-0.39, 0.29) is 0 Å². The Bertz CT molecular complexity index is 774. The monoisotopic (exact) mass is 276 g/mol. The number of para-hydroxylation sites is 1. The van der Waals surface area contributed by atoms with Crippen LogP contribution in [0, 0.1) is 11.3 Å². The summed E-state index contributed by atoms with van der Waals surface area (Å²) in [5.41, 5.74) is 2.76. The third-order valence-corrected chi connectivity index (χ3v) is 3.01. The molecule has 1 aromatic heterocycles. The van der Waals surface area contributed by atoms with E-state index < -0.39 is 0 Å². The van der Waals surface area contributed by atoms with Crippen LogP contribution in [0.15, 0.2) is 54.6 Å². The molecule has 0 bridgehead atoms. The Balaban J connectivity index is 1.79. The van der Waals surface area contributed by atoms with Crippen LogP contribution in [0.3, 0.4) is 0 Å². The molecule has 0 radical (unpaired) electrons. The van der Waals surface area contributed by atoms with E-state index in [2.05, 4.69) is 15.4 Å². The van der Waals surface area contributed by atoms with E-state index in [9.17, 15) is 0 Å². The molecule has 0 amide bonds. The molecule has 3 aromatic rings. The van der Waals surface area contributed by atoms with Crippen LogP contribution in [0.25, 0.3) is 11.3 Å². The van der Waals surface area contributed by atoms with Gasteiger partial charge in [-0.05, 0) is 23.8 Å². The molecule has 21 heavy (non-hydrogen) atoms. The van der Waals surface area contributed by atoms with Gasteiger partial charge in [-0.3, -0.25) is 0 Å². The van der Waals surface area contributed by atoms with Gasteiger partial charge in [0.1, 0.15) is 24.1 Å². The highest BCUT2D eigenvalue weighted by Gasteiger charge is 2.09. The maximum absolute atomic E-state index is 9.00. The minimum atomic E-state index is 0.358.